The molecule has 0 radical (unpaired) electrons. The maximum atomic E-state index is 13.5. The number of hydrogen-bond acceptors (Lipinski definition) is 6. The van der Waals surface area contributed by atoms with E-state index in [4.69, 9.17) is 16.3 Å². The van der Waals surface area contributed by atoms with Gasteiger partial charge in [-0.1, -0.05) is 36.7 Å². The fraction of sp³-hybridized carbons (Fsp3) is 0.333. The summed E-state index contributed by atoms with van der Waals surface area (Å²) in [4.78, 5) is 29.5. The lowest BCUT2D eigenvalue weighted by Crippen LogP contribution is -2.48. The number of fused-ring (bicyclic) bond motifs is 1. The zero-order chi connectivity index (χ0) is 30.4. The quantitative estimate of drug-likeness (QED) is 0.344. The lowest BCUT2D eigenvalue weighted by molar-refractivity contribution is -0.134. The molecule has 3 aromatic rings. The maximum Gasteiger partial charge on any atom is 0.321 e. The number of para-hydroxylation sites is 1. The topological polar surface area (TPSA) is 128 Å². The number of aliphatic hydroxyl groups is 1. The molecule has 0 saturated heterocycles. The first-order chi connectivity index (χ1) is 20.0. The molecule has 0 aliphatic carbocycles. The van der Waals surface area contributed by atoms with Crippen LogP contribution in [-0.4, -0.2) is 74.2 Å². The highest BCUT2D eigenvalue weighted by atomic mass is 35.5. The van der Waals surface area contributed by atoms with Crippen molar-refractivity contribution < 1.29 is 27.9 Å². The number of likely N-dealkylation sites (N-methyl/N-ethyl adjacent to an activating group) is 1. The van der Waals surface area contributed by atoms with Crippen LogP contribution in [0.1, 0.15) is 19.4 Å². The van der Waals surface area contributed by atoms with Crippen molar-refractivity contribution in [1.82, 2.24) is 9.80 Å². The standard InChI is InChI=1S/C30H35ClN4O6S/c1-20-17-35(21(2)19-36)29(37)16-22-15-25(33-42(39,40)26-12-9-23(31)10-13-26)11-14-27(22)41-28(20)18-34(3)30(38)32-24-7-5-4-6-8-24/h4-15,20-21,28,33,36H,16-19H2,1-3H3,(H,32,38)/t20-,21+,28+/m0/s1. The van der Waals surface area contributed by atoms with Crippen molar-refractivity contribution in [2.45, 2.75) is 37.3 Å². The molecular formula is C30H35ClN4O6S. The Hall–Kier alpha value is -3.80. The number of anilines is 2. The summed E-state index contributed by atoms with van der Waals surface area (Å²) in [5, 5.41) is 13.1. The number of halogens is 1. The number of rotatable bonds is 8. The highest BCUT2D eigenvalue weighted by Crippen LogP contribution is 2.30. The molecular weight excluding hydrogens is 580 g/mol. The van der Waals surface area contributed by atoms with Crippen LogP contribution < -0.4 is 14.8 Å². The Morgan fingerprint density at radius 1 is 1.12 bits per heavy atom. The van der Waals surface area contributed by atoms with E-state index in [0.717, 1.165) is 0 Å². The molecule has 3 N–H and O–H groups in total. The number of urea groups is 1. The van der Waals surface area contributed by atoms with Gasteiger partial charge in [0, 0.05) is 41.5 Å². The van der Waals surface area contributed by atoms with E-state index in [-0.39, 0.29) is 48.0 Å². The molecule has 1 aliphatic heterocycles. The van der Waals surface area contributed by atoms with Gasteiger partial charge in [-0.15, -0.1) is 0 Å². The van der Waals surface area contributed by atoms with Gasteiger partial charge >= 0.3 is 6.03 Å². The molecule has 0 spiro atoms. The van der Waals surface area contributed by atoms with Crippen LogP contribution in [0.5, 0.6) is 5.75 Å². The predicted molar refractivity (Wildman–Crippen MR) is 162 cm³/mol. The van der Waals surface area contributed by atoms with Crippen molar-refractivity contribution in [2.75, 3.05) is 36.8 Å². The minimum Gasteiger partial charge on any atom is -0.488 e. The average Bonchev–Trinajstić information content (AvgIpc) is 3.00. The summed E-state index contributed by atoms with van der Waals surface area (Å²) in [6.45, 7) is 3.97. The first kappa shape index (κ1) is 31.1. The Labute approximate surface area is 251 Å². The lowest BCUT2D eigenvalue weighted by atomic mass is 10.0. The number of aliphatic hydroxyl groups excluding tert-OH is 1. The molecule has 42 heavy (non-hydrogen) atoms. The Morgan fingerprint density at radius 3 is 2.48 bits per heavy atom. The van der Waals surface area contributed by atoms with Gasteiger partial charge in [-0.05, 0) is 61.5 Å². The minimum atomic E-state index is -3.92. The molecule has 0 saturated carbocycles. The van der Waals surface area contributed by atoms with E-state index in [1.165, 1.54) is 29.2 Å². The normalized spacial score (nSPS) is 18.0. The Morgan fingerprint density at radius 2 is 1.81 bits per heavy atom. The van der Waals surface area contributed by atoms with Crippen LogP contribution in [0.25, 0.3) is 0 Å². The van der Waals surface area contributed by atoms with Crippen LogP contribution in [0.3, 0.4) is 0 Å². The van der Waals surface area contributed by atoms with E-state index >= 15 is 0 Å². The molecule has 3 atom stereocenters. The van der Waals surface area contributed by atoms with E-state index in [1.807, 2.05) is 25.1 Å². The molecule has 1 heterocycles. The third-order valence-corrected chi connectivity index (χ3v) is 8.77. The molecule has 0 unspecified atom stereocenters. The summed E-state index contributed by atoms with van der Waals surface area (Å²) in [5.74, 6) is -0.0456. The van der Waals surface area contributed by atoms with Gasteiger partial charge in [-0.25, -0.2) is 13.2 Å². The Kier molecular flexibility index (Phi) is 9.97. The van der Waals surface area contributed by atoms with Gasteiger partial charge in [-0.3, -0.25) is 9.52 Å². The SMILES string of the molecule is C[C@H](CO)N1C[C@H](C)[C@@H](CN(C)C(=O)Nc2ccccc2)Oc2ccc(NS(=O)(=O)c3ccc(Cl)cc3)cc2CC1=O. The lowest BCUT2D eigenvalue weighted by Gasteiger charge is -2.34. The molecule has 10 nitrogen and oxygen atoms in total. The van der Waals surface area contributed by atoms with E-state index in [1.54, 1.807) is 49.2 Å². The second-order valence-corrected chi connectivity index (χ2v) is 12.6. The number of nitrogens with one attached hydrogen (secondary N) is 2. The third-order valence-electron chi connectivity index (χ3n) is 7.12. The number of carbonyl (C=O) groups excluding carboxylic acids is 2. The summed E-state index contributed by atoms with van der Waals surface area (Å²) in [6, 6.07) is 18.9. The first-order valence-electron chi connectivity index (χ1n) is 13.5. The van der Waals surface area contributed by atoms with Crippen LogP contribution in [0.4, 0.5) is 16.2 Å². The molecule has 4 rings (SSSR count). The smallest absolute Gasteiger partial charge is 0.321 e. The number of nitrogens with zero attached hydrogens (tertiary/aromatic N) is 2. The van der Waals surface area contributed by atoms with Crippen LogP contribution >= 0.6 is 11.6 Å². The van der Waals surface area contributed by atoms with Crippen molar-refractivity contribution in [1.29, 1.82) is 0 Å². The highest BCUT2D eigenvalue weighted by molar-refractivity contribution is 7.92. The summed E-state index contributed by atoms with van der Waals surface area (Å²) in [7, 11) is -2.26. The third kappa shape index (κ3) is 7.72. The fourth-order valence-electron chi connectivity index (χ4n) is 4.63. The summed E-state index contributed by atoms with van der Waals surface area (Å²) < 4.78 is 35.0. The molecule has 3 aromatic carbocycles. The molecule has 0 bridgehead atoms. The van der Waals surface area contributed by atoms with Crippen molar-refractivity contribution >= 4 is 44.9 Å². The highest BCUT2D eigenvalue weighted by Gasteiger charge is 2.32. The zero-order valence-electron chi connectivity index (χ0n) is 23.7. The average molecular weight is 615 g/mol. The van der Waals surface area contributed by atoms with Crippen LogP contribution in [0.15, 0.2) is 77.7 Å². The van der Waals surface area contributed by atoms with Gasteiger partial charge in [-0.2, -0.15) is 0 Å². The summed E-state index contributed by atoms with van der Waals surface area (Å²) in [5.41, 5.74) is 1.39. The van der Waals surface area contributed by atoms with Gasteiger partial charge in [0.2, 0.25) is 5.91 Å². The molecule has 0 aromatic heterocycles. The number of hydrogen-bond donors (Lipinski definition) is 3. The van der Waals surface area contributed by atoms with Crippen LogP contribution in [0.2, 0.25) is 5.02 Å². The molecule has 1 aliphatic rings. The van der Waals surface area contributed by atoms with Crippen molar-refractivity contribution in [3.63, 3.8) is 0 Å². The van der Waals surface area contributed by atoms with Gasteiger partial charge in [0.25, 0.3) is 10.0 Å². The second kappa shape index (κ2) is 13.5. The van der Waals surface area contributed by atoms with Crippen molar-refractivity contribution in [3.8, 4) is 5.75 Å². The number of sulfonamides is 1. The van der Waals surface area contributed by atoms with Gasteiger partial charge in [0.1, 0.15) is 11.9 Å². The number of ether oxygens (including phenoxy) is 1. The van der Waals surface area contributed by atoms with E-state index in [9.17, 15) is 23.1 Å². The van der Waals surface area contributed by atoms with E-state index < -0.39 is 22.2 Å². The number of carbonyl (C=O) groups is 2. The minimum absolute atomic E-state index is 0.0384. The number of benzene rings is 3. The van der Waals surface area contributed by atoms with Crippen molar-refractivity contribution in [2.24, 2.45) is 5.92 Å². The van der Waals surface area contributed by atoms with E-state index in [0.29, 0.717) is 28.6 Å². The maximum absolute atomic E-state index is 13.5. The zero-order valence-corrected chi connectivity index (χ0v) is 25.2. The van der Waals surface area contributed by atoms with Crippen LogP contribution in [0, 0.1) is 5.92 Å². The molecule has 12 heteroatoms. The van der Waals surface area contributed by atoms with Crippen molar-refractivity contribution in [3.05, 3.63) is 83.4 Å². The second-order valence-electron chi connectivity index (χ2n) is 10.4. The van der Waals surface area contributed by atoms with Gasteiger partial charge in [0.15, 0.2) is 0 Å². The Balaban J connectivity index is 1.62. The number of amides is 3. The largest absolute Gasteiger partial charge is 0.488 e. The van der Waals surface area contributed by atoms with Gasteiger partial charge < -0.3 is 25.0 Å². The van der Waals surface area contributed by atoms with Gasteiger partial charge in [0.05, 0.1) is 30.5 Å². The van der Waals surface area contributed by atoms with E-state index in [2.05, 4.69) is 10.0 Å². The molecule has 0 fully saturated rings. The summed E-state index contributed by atoms with van der Waals surface area (Å²) >= 11 is 5.90. The Bertz CT molecular complexity index is 1500. The molecule has 224 valence electrons. The van der Waals surface area contributed by atoms with Crippen LogP contribution in [-0.2, 0) is 21.2 Å². The monoisotopic (exact) mass is 614 g/mol. The predicted octanol–water partition coefficient (Wildman–Crippen LogP) is 4.45. The summed E-state index contributed by atoms with van der Waals surface area (Å²) in [6.07, 6.45) is -0.592. The first-order valence-corrected chi connectivity index (χ1v) is 15.4. The fourth-order valence-corrected chi connectivity index (χ4v) is 5.81. The molecule has 3 amide bonds.